The van der Waals surface area contributed by atoms with Gasteiger partial charge in [-0.05, 0) is 29.3 Å². The maximum Gasteiger partial charge on any atom is 0.252 e. The van der Waals surface area contributed by atoms with Gasteiger partial charge in [0.05, 0.1) is 17.6 Å². The topological polar surface area (TPSA) is 59.8 Å². The van der Waals surface area contributed by atoms with E-state index in [4.69, 9.17) is 11.6 Å². The molecule has 134 valence electrons. The monoisotopic (exact) mass is 376 g/mol. The van der Waals surface area contributed by atoms with Gasteiger partial charge in [-0.2, -0.15) is 5.10 Å². The standard InChI is InChI=1S/C21H17ClN4O/c22-20-12-18(17-7-1-2-8-19(17)25-20)21(27)23-13-15-5-3-6-16(11-15)14-26-10-4-9-24-26/h1-12H,13-14H2,(H,23,27). The van der Waals surface area contributed by atoms with Crippen molar-refractivity contribution in [3.8, 4) is 0 Å². The van der Waals surface area contributed by atoms with Gasteiger partial charge < -0.3 is 5.32 Å². The molecule has 5 nitrogen and oxygen atoms in total. The Labute approximate surface area is 161 Å². The van der Waals surface area contributed by atoms with Gasteiger partial charge in [0.15, 0.2) is 0 Å². The third-order valence-electron chi connectivity index (χ3n) is 4.28. The van der Waals surface area contributed by atoms with E-state index < -0.39 is 0 Å². The number of benzene rings is 2. The van der Waals surface area contributed by atoms with Gasteiger partial charge >= 0.3 is 0 Å². The second-order valence-corrected chi connectivity index (χ2v) is 6.60. The molecule has 0 saturated heterocycles. The summed E-state index contributed by atoms with van der Waals surface area (Å²) in [5.41, 5.74) is 3.38. The Bertz CT molecular complexity index is 1090. The van der Waals surface area contributed by atoms with Crippen molar-refractivity contribution in [2.75, 3.05) is 0 Å². The Balaban J connectivity index is 1.50. The van der Waals surface area contributed by atoms with E-state index in [2.05, 4.69) is 21.5 Å². The number of hydrogen-bond acceptors (Lipinski definition) is 3. The lowest BCUT2D eigenvalue weighted by Crippen LogP contribution is -2.23. The smallest absolute Gasteiger partial charge is 0.252 e. The summed E-state index contributed by atoms with van der Waals surface area (Å²) in [4.78, 5) is 17.0. The van der Waals surface area contributed by atoms with Crippen molar-refractivity contribution in [1.29, 1.82) is 0 Å². The average molecular weight is 377 g/mol. The Morgan fingerprint density at radius 2 is 1.89 bits per heavy atom. The van der Waals surface area contributed by atoms with E-state index in [0.717, 1.165) is 16.5 Å². The molecule has 0 saturated carbocycles. The molecule has 2 aromatic carbocycles. The Morgan fingerprint density at radius 1 is 1.04 bits per heavy atom. The fourth-order valence-corrected chi connectivity index (χ4v) is 3.23. The number of fused-ring (bicyclic) bond motifs is 1. The van der Waals surface area contributed by atoms with Gasteiger partial charge in [-0.25, -0.2) is 4.98 Å². The van der Waals surface area contributed by atoms with Crippen molar-refractivity contribution in [1.82, 2.24) is 20.1 Å². The Kier molecular flexibility index (Phi) is 4.85. The molecule has 0 unspecified atom stereocenters. The quantitative estimate of drug-likeness (QED) is 0.534. The molecule has 1 amide bonds. The average Bonchev–Trinajstić information content (AvgIpc) is 3.18. The maximum atomic E-state index is 12.7. The second kappa shape index (κ2) is 7.60. The van der Waals surface area contributed by atoms with Crippen LogP contribution in [0.15, 0.2) is 73.1 Å². The summed E-state index contributed by atoms with van der Waals surface area (Å²) in [7, 11) is 0. The minimum atomic E-state index is -0.173. The number of carbonyl (C=O) groups excluding carboxylic acids is 1. The first-order chi connectivity index (χ1) is 13.2. The van der Waals surface area contributed by atoms with Crippen molar-refractivity contribution in [2.24, 2.45) is 0 Å². The lowest BCUT2D eigenvalue weighted by atomic mass is 10.1. The maximum absolute atomic E-state index is 12.7. The Hall–Kier alpha value is -3.18. The summed E-state index contributed by atoms with van der Waals surface area (Å²) in [6, 6.07) is 19.1. The van der Waals surface area contributed by atoms with Crippen LogP contribution in [0.3, 0.4) is 0 Å². The Morgan fingerprint density at radius 3 is 2.74 bits per heavy atom. The molecule has 0 spiro atoms. The van der Waals surface area contributed by atoms with Crippen LogP contribution in [0.1, 0.15) is 21.5 Å². The highest BCUT2D eigenvalue weighted by Crippen LogP contribution is 2.21. The van der Waals surface area contributed by atoms with Gasteiger partial charge in [-0.1, -0.05) is 54.1 Å². The number of nitrogens with zero attached hydrogens (tertiary/aromatic N) is 3. The summed E-state index contributed by atoms with van der Waals surface area (Å²) >= 11 is 6.07. The van der Waals surface area contributed by atoms with Gasteiger partial charge in [0.25, 0.3) is 5.91 Å². The molecule has 0 atom stereocenters. The normalized spacial score (nSPS) is 10.9. The SMILES string of the molecule is O=C(NCc1cccc(Cn2cccn2)c1)c1cc(Cl)nc2ccccc12. The fourth-order valence-electron chi connectivity index (χ4n) is 3.03. The molecular weight excluding hydrogens is 360 g/mol. The highest BCUT2D eigenvalue weighted by atomic mass is 35.5. The molecule has 4 rings (SSSR count). The number of amides is 1. The third-order valence-corrected chi connectivity index (χ3v) is 4.47. The first-order valence-corrected chi connectivity index (χ1v) is 8.95. The van der Waals surface area contributed by atoms with E-state index in [9.17, 15) is 4.79 Å². The summed E-state index contributed by atoms with van der Waals surface area (Å²) in [5.74, 6) is -0.173. The molecule has 0 radical (unpaired) electrons. The lowest BCUT2D eigenvalue weighted by molar-refractivity contribution is 0.0952. The van der Waals surface area contributed by atoms with E-state index >= 15 is 0 Å². The summed E-state index contributed by atoms with van der Waals surface area (Å²) in [6.07, 6.45) is 3.68. The van der Waals surface area contributed by atoms with Crippen LogP contribution in [0.4, 0.5) is 0 Å². The van der Waals surface area contributed by atoms with Crippen molar-refractivity contribution in [3.05, 3.63) is 94.9 Å². The molecule has 0 aliphatic carbocycles. The van der Waals surface area contributed by atoms with Gasteiger partial charge in [0, 0.05) is 24.3 Å². The molecule has 0 aliphatic rings. The highest BCUT2D eigenvalue weighted by molar-refractivity contribution is 6.30. The van der Waals surface area contributed by atoms with Crippen LogP contribution in [-0.4, -0.2) is 20.7 Å². The van der Waals surface area contributed by atoms with E-state index in [-0.39, 0.29) is 5.91 Å². The number of rotatable bonds is 5. The van der Waals surface area contributed by atoms with E-state index in [0.29, 0.717) is 29.3 Å². The summed E-state index contributed by atoms with van der Waals surface area (Å²) in [6.45, 7) is 1.12. The highest BCUT2D eigenvalue weighted by Gasteiger charge is 2.12. The van der Waals surface area contributed by atoms with Crippen molar-refractivity contribution in [3.63, 3.8) is 0 Å². The fraction of sp³-hybridized carbons (Fsp3) is 0.0952. The van der Waals surface area contributed by atoms with Crippen LogP contribution in [0.5, 0.6) is 0 Å². The van der Waals surface area contributed by atoms with Crippen molar-refractivity contribution >= 4 is 28.4 Å². The van der Waals surface area contributed by atoms with Crippen LogP contribution in [0.2, 0.25) is 5.15 Å². The first-order valence-electron chi connectivity index (χ1n) is 8.58. The predicted octanol–water partition coefficient (Wildman–Crippen LogP) is 4.06. The number of aromatic nitrogens is 3. The molecule has 2 aromatic heterocycles. The molecule has 4 aromatic rings. The second-order valence-electron chi connectivity index (χ2n) is 6.22. The number of pyridine rings is 1. The molecule has 2 heterocycles. The van der Waals surface area contributed by atoms with Crippen LogP contribution >= 0.6 is 11.6 Å². The number of para-hydroxylation sites is 1. The van der Waals surface area contributed by atoms with Crippen molar-refractivity contribution in [2.45, 2.75) is 13.1 Å². The zero-order valence-electron chi connectivity index (χ0n) is 14.5. The minimum absolute atomic E-state index is 0.173. The third kappa shape index (κ3) is 3.99. The van der Waals surface area contributed by atoms with E-state index in [1.54, 1.807) is 12.3 Å². The summed E-state index contributed by atoms with van der Waals surface area (Å²) < 4.78 is 1.86. The van der Waals surface area contributed by atoms with Crippen LogP contribution < -0.4 is 5.32 Å². The largest absolute Gasteiger partial charge is 0.348 e. The predicted molar refractivity (Wildman–Crippen MR) is 106 cm³/mol. The molecule has 6 heteroatoms. The zero-order chi connectivity index (χ0) is 18.6. The van der Waals surface area contributed by atoms with Crippen LogP contribution in [0, 0.1) is 0 Å². The molecule has 27 heavy (non-hydrogen) atoms. The molecule has 0 fully saturated rings. The molecular formula is C21H17ClN4O. The number of carbonyl (C=O) groups is 1. The molecule has 0 aliphatic heterocycles. The van der Waals surface area contributed by atoms with Crippen molar-refractivity contribution < 1.29 is 4.79 Å². The van der Waals surface area contributed by atoms with Gasteiger partial charge in [-0.3, -0.25) is 9.48 Å². The van der Waals surface area contributed by atoms with E-state index in [1.807, 2.05) is 59.4 Å². The first kappa shape index (κ1) is 17.2. The van der Waals surface area contributed by atoms with E-state index in [1.165, 1.54) is 0 Å². The van der Waals surface area contributed by atoms with Gasteiger partial charge in [-0.15, -0.1) is 0 Å². The molecule has 0 bridgehead atoms. The molecule has 1 N–H and O–H groups in total. The zero-order valence-corrected chi connectivity index (χ0v) is 15.2. The van der Waals surface area contributed by atoms with Crippen LogP contribution in [-0.2, 0) is 13.1 Å². The number of nitrogens with one attached hydrogen (secondary N) is 1. The van der Waals surface area contributed by atoms with Gasteiger partial charge in [0.2, 0.25) is 0 Å². The number of hydrogen-bond donors (Lipinski definition) is 1. The van der Waals surface area contributed by atoms with Crippen LogP contribution in [0.25, 0.3) is 10.9 Å². The lowest BCUT2D eigenvalue weighted by Gasteiger charge is -2.10. The minimum Gasteiger partial charge on any atom is -0.348 e. The van der Waals surface area contributed by atoms with Gasteiger partial charge in [0.1, 0.15) is 5.15 Å². The number of halogens is 1. The summed E-state index contributed by atoms with van der Waals surface area (Å²) in [5, 5.41) is 8.28.